The Hall–Kier alpha value is -4.38. The highest BCUT2D eigenvalue weighted by Crippen LogP contribution is 2.76. The minimum atomic E-state index is -1.53. The zero-order valence-electron chi connectivity index (χ0n) is 93.8. The van der Waals surface area contributed by atoms with Crippen LogP contribution in [0.2, 0.25) is 51.4 Å². The number of carbonyl (C=O) groups is 3. The van der Waals surface area contributed by atoms with Gasteiger partial charge in [-0.1, -0.05) is 278 Å². The van der Waals surface area contributed by atoms with Crippen molar-refractivity contribution in [3.05, 3.63) is 151 Å². The first-order valence-electron chi connectivity index (χ1n) is 58.7. The van der Waals surface area contributed by atoms with Crippen molar-refractivity contribution < 1.29 is 67.6 Å². The van der Waals surface area contributed by atoms with E-state index in [0.717, 1.165) is 225 Å². The number of hydrogen-bond acceptors (Lipinski definition) is 14. The third-order valence-electron chi connectivity index (χ3n) is 44.0. The van der Waals surface area contributed by atoms with Gasteiger partial charge in [-0.15, -0.1) is 0 Å². The first-order chi connectivity index (χ1) is 67.9. The van der Waals surface area contributed by atoms with E-state index in [1.54, 1.807) is 11.1 Å². The van der Waals surface area contributed by atoms with Crippen molar-refractivity contribution in [3.63, 3.8) is 0 Å². The van der Waals surface area contributed by atoms with E-state index >= 15 is 0 Å². The molecule has 4 heterocycles. The number of aryl methyl sites for hydroxylation is 6. The molecule has 17 aliphatic carbocycles. The predicted octanol–water partition coefficient (Wildman–Crippen LogP) is 31.4. The van der Waals surface area contributed by atoms with Crippen LogP contribution >= 0.6 is 0 Å². The SMILES string of the molecule is C.C.C.C.C.C=C1C[C@]2(CC)C(=O)CCC2C2CCC3=CC(=O)CCC3C12.CC[C@]12CC(=O)C3c4ccc(C)cc4CCC3C1CCC21OCC(C)(C)CO1.CC[C@]12C[C@@H](O)C3c4ccc(C)cc4CCC3C1CCC21OCC(C)(C)CO1.CC[C@]12C[C@@](O)(C[Si](C)(C)C)C3C4=C(CCC3C1CCC21OCC(C)(C)CO1)CC(C)=CC4.CC[C@]12C[C@@](O)(C[Si](C)(C)C)C3c4ccc(C)cc4CCC3C1CCC21OCC(C)(C)CO1. The second-order valence-corrected chi connectivity index (χ2v) is 68.9. The lowest BCUT2D eigenvalue weighted by molar-refractivity contribution is -0.358. The zero-order valence-corrected chi connectivity index (χ0v) is 95.8. The van der Waals surface area contributed by atoms with Gasteiger partial charge in [0, 0.05) is 134 Å². The van der Waals surface area contributed by atoms with Gasteiger partial charge in [0.15, 0.2) is 28.9 Å². The molecule has 0 aromatic heterocycles. The van der Waals surface area contributed by atoms with Gasteiger partial charge in [0.05, 0.1) is 70.2 Å². The van der Waals surface area contributed by atoms with E-state index < -0.39 is 50.5 Å². The summed E-state index contributed by atoms with van der Waals surface area (Å²) in [5.41, 5.74) is 18.4. The first kappa shape index (κ1) is 119. The average molecular weight is 2090 g/mol. The quantitative estimate of drug-likeness (QED) is 0.136. The van der Waals surface area contributed by atoms with Crippen LogP contribution in [0.15, 0.2) is 101 Å². The lowest BCUT2D eigenvalue weighted by Gasteiger charge is -2.63. The fraction of sp³-hybridized carbons (Fsp3) is 0.782. The minimum Gasteiger partial charge on any atom is -0.392 e. The number of rotatable bonds is 9. The molecule has 3 aromatic carbocycles. The molecule has 0 amide bonds. The molecule has 24 rings (SSSR count). The minimum absolute atomic E-state index is 0. The summed E-state index contributed by atoms with van der Waals surface area (Å²) < 4.78 is 53.4. The maximum atomic E-state index is 13.6. The highest BCUT2D eigenvalue weighted by atomic mass is 28.3. The van der Waals surface area contributed by atoms with Gasteiger partial charge >= 0.3 is 0 Å². The second-order valence-electron chi connectivity index (χ2n) is 58.0. The van der Waals surface area contributed by atoms with Crippen molar-refractivity contribution >= 4 is 33.5 Å². The number of carbonyl (C=O) groups excluding carboxylic acids is 3. The Morgan fingerprint density at radius 2 is 0.805 bits per heavy atom. The van der Waals surface area contributed by atoms with Gasteiger partial charge in [0.25, 0.3) is 0 Å². The van der Waals surface area contributed by atoms with E-state index in [4.69, 9.17) is 37.9 Å². The number of aliphatic hydroxyl groups excluding tert-OH is 1. The number of allylic oxidation sites excluding steroid dienone is 5. The Bertz CT molecular complexity index is 5440. The third kappa shape index (κ3) is 19.9. The molecular formula is C133H210O14Si2. The molecule has 16 heteroatoms. The second kappa shape index (κ2) is 42.4. The zero-order chi connectivity index (χ0) is 103. The fourth-order valence-corrected chi connectivity index (χ4v) is 42.9. The van der Waals surface area contributed by atoms with Crippen LogP contribution in [-0.2, 0) is 71.5 Å². The molecule has 4 aliphatic heterocycles. The van der Waals surface area contributed by atoms with E-state index in [9.17, 15) is 29.7 Å². The molecule has 21 aliphatic rings. The smallest absolute Gasteiger partial charge is 0.174 e. The molecule has 24 atom stereocenters. The Morgan fingerprint density at radius 3 is 1.28 bits per heavy atom. The Morgan fingerprint density at radius 1 is 0.409 bits per heavy atom. The first-order valence-corrected chi connectivity index (χ1v) is 66.1. The number of ketones is 3. The van der Waals surface area contributed by atoms with E-state index in [1.165, 1.54) is 112 Å². The molecule has 4 saturated heterocycles. The average Bonchev–Trinajstić information content (AvgIpc) is 1.56. The summed E-state index contributed by atoms with van der Waals surface area (Å²) in [4.78, 5) is 38.0. The van der Waals surface area contributed by atoms with Crippen LogP contribution < -0.4 is 0 Å². The van der Waals surface area contributed by atoms with E-state index in [2.05, 4.69) is 224 Å². The standard InChI is InChI=1S/C29H48O3Si.C29H46O3Si.C25H36O3.C25H34O3.C20H26O2.5CH4/c2*1-8-27-16-28(30,19-33(5,6)7)25-22-11-9-20(2)15-21(22)10-12-23(25)24(27)13-14-29(27)31-17-26(3,4)18-32-29;2*1-5-24-13-21(26)22-18-8-6-16(2)12-17(18)7-9-19(22)20(24)10-11-25(24)27-14-23(3,4)15-28-25;1-3-20-11-12(2)19-15-7-5-14(21)10-13(15)4-6-16(19)17(20)8-9-18(20)22;;;;;/h9,23-25,30H,8,10-19H2,1-7H3;9,11,15,23-25,30H,8,10,12-14,16-19H2,1-7H3;6,8,12,19-22,26H,5,7,9-11,13-15H2,1-4H3;6,8,12,19-20,22H,5,7,9-11,13-15H2,1-4H3;10,15-17,19H,2-9,11H2,1H3;5*1H4/t2*23?,24?,25?,27-,28+;19?,20?,21-,22?,24+;19?,20?,22?,24-;15?,16?,17?,19?,20-;;;;;/m00100...../s1. The van der Waals surface area contributed by atoms with Crippen molar-refractivity contribution in [1.82, 2.24) is 0 Å². The number of hydrogen-bond donors (Lipinski definition) is 3. The number of ether oxygens (including phenoxy) is 8. The van der Waals surface area contributed by atoms with Crippen molar-refractivity contribution in [2.75, 3.05) is 52.9 Å². The number of benzene rings is 3. The van der Waals surface area contributed by atoms with E-state index in [1.807, 2.05) is 6.08 Å². The molecule has 16 unspecified atom stereocenters. The summed E-state index contributed by atoms with van der Waals surface area (Å²) in [7, 11) is -3.04. The maximum Gasteiger partial charge on any atom is 0.174 e. The summed E-state index contributed by atoms with van der Waals surface area (Å²) in [5, 5.41) is 37.1. The summed E-state index contributed by atoms with van der Waals surface area (Å²) in [5.74, 6) is 6.71. The van der Waals surface area contributed by atoms with Gasteiger partial charge in [-0.2, -0.15) is 0 Å². The van der Waals surface area contributed by atoms with Gasteiger partial charge < -0.3 is 53.2 Å². The summed E-state index contributed by atoms with van der Waals surface area (Å²) >= 11 is 0. The largest absolute Gasteiger partial charge is 0.392 e. The van der Waals surface area contributed by atoms with Crippen molar-refractivity contribution in [2.45, 2.75) is 483 Å². The molecule has 14 nitrogen and oxygen atoms in total. The van der Waals surface area contributed by atoms with Gasteiger partial charge in [0.2, 0.25) is 0 Å². The van der Waals surface area contributed by atoms with Crippen molar-refractivity contribution in [2.24, 2.45) is 126 Å². The maximum absolute atomic E-state index is 13.6. The van der Waals surface area contributed by atoms with Gasteiger partial charge in [-0.05, 0) is 324 Å². The highest BCUT2D eigenvalue weighted by Gasteiger charge is 2.76. The lowest BCUT2D eigenvalue weighted by atomic mass is 9.48. The summed E-state index contributed by atoms with van der Waals surface area (Å²) in [6, 6.07) is 22.5. The molecule has 0 radical (unpaired) electrons. The monoisotopic (exact) mass is 2090 g/mol. The third-order valence-corrected chi connectivity index (χ3v) is 47.4. The normalized spacial score (nSPS) is 39.2. The summed E-state index contributed by atoms with van der Waals surface area (Å²) in [6.45, 7) is 63.1. The van der Waals surface area contributed by atoms with Crippen molar-refractivity contribution in [3.8, 4) is 0 Å². The summed E-state index contributed by atoms with van der Waals surface area (Å²) in [6.07, 6.45) is 39.0. The van der Waals surface area contributed by atoms with E-state index in [-0.39, 0.29) is 110 Å². The predicted molar refractivity (Wildman–Crippen MR) is 614 cm³/mol. The van der Waals surface area contributed by atoms with Gasteiger partial charge in [-0.3, -0.25) is 14.4 Å². The topological polar surface area (TPSA) is 186 Å². The molecule has 3 N–H and O–H groups in total. The molecule has 11 saturated carbocycles. The molecule has 0 bridgehead atoms. The molecule has 149 heavy (non-hydrogen) atoms. The van der Waals surface area contributed by atoms with Gasteiger partial charge in [0.1, 0.15) is 11.6 Å². The Kier molecular flexibility index (Phi) is 33.7. The van der Waals surface area contributed by atoms with Crippen LogP contribution in [0.3, 0.4) is 0 Å². The molecule has 15 fully saturated rings. The van der Waals surface area contributed by atoms with Crippen LogP contribution in [0.1, 0.15) is 401 Å². The van der Waals surface area contributed by atoms with Gasteiger partial charge in [-0.25, -0.2) is 0 Å². The van der Waals surface area contributed by atoms with E-state index in [0.29, 0.717) is 107 Å². The van der Waals surface area contributed by atoms with Crippen LogP contribution in [0, 0.1) is 146 Å². The highest BCUT2D eigenvalue weighted by molar-refractivity contribution is 6.76. The Labute approximate surface area is 907 Å². The van der Waals surface area contributed by atoms with Crippen LogP contribution in [-0.4, -0.2) is 142 Å². The van der Waals surface area contributed by atoms with Crippen LogP contribution in [0.25, 0.3) is 0 Å². The molecular weight excluding hydrogens is 1880 g/mol. The fourth-order valence-electron chi connectivity index (χ4n) is 38.5. The number of Topliss-reactive ketones (excluding diaryl/α,β-unsaturated/α-hetero) is 2. The number of aliphatic hydroxyl groups is 3. The van der Waals surface area contributed by atoms with Crippen molar-refractivity contribution in [1.29, 1.82) is 0 Å². The van der Waals surface area contributed by atoms with Crippen LogP contribution in [0.5, 0.6) is 0 Å². The molecule has 834 valence electrons. The Balaban J connectivity index is 0.000000139. The van der Waals surface area contributed by atoms with Crippen LogP contribution in [0.4, 0.5) is 0 Å². The number of fused-ring (bicyclic) bond motifs is 28. The molecule has 4 spiro atoms. The lowest BCUT2D eigenvalue weighted by Crippen LogP contribution is -2.66. The molecule has 3 aromatic rings.